The van der Waals surface area contributed by atoms with Crippen LogP contribution in [0, 0.1) is 0 Å². The number of ether oxygens (including phenoxy) is 1. The molecule has 0 bridgehead atoms. The van der Waals surface area contributed by atoms with Crippen LogP contribution >= 0.6 is 15.9 Å². The molecule has 0 fully saturated rings. The van der Waals surface area contributed by atoms with E-state index in [1.165, 1.54) is 6.33 Å². The van der Waals surface area contributed by atoms with Crippen molar-refractivity contribution in [2.45, 2.75) is 0 Å². The Morgan fingerprint density at radius 2 is 2.29 bits per heavy atom. The molecule has 0 aromatic carbocycles. The fourth-order valence-electron chi connectivity index (χ4n) is 0.829. The Balaban J connectivity index is 2.23. The zero-order chi connectivity index (χ0) is 9.97. The predicted octanol–water partition coefficient (Wildman–Crippen LogP) is 1.16. The molecule has 0 aliphatic rings. The lowest BCUT2D eigenvalue weighted by molar-refractivity contribution is 0.418. The van der Waals surface area contributed by atoms with Crippen molar-refractivity contribution in [1.29, 1.82) is 0 Å². The van der Waals surface area contributed by atoms with Crippen LogP contribution in [0.5, 0.6) is 11.9 Å². The second kappa shape index (κ2) is 3.70. The second-order valence-electron chi connectivity index (χ2n) is 2.48. The van der Waals surface area contributed by atoms with E-state index >= 15 is 0 Å². The molecule has 0 saturated heterocycles. The molecule has 0 saturated carbocycles. The molecule has 7 heteroatoms. The first-order chi connectivity index (χ1) is 6.75. The van der Waals surface area contributed by atoms with Gasteiger partial charge >= 0.3 is 6.01 Å². The highest BCUT2D eigenvalue weighted by molar-refractivity contribution is 9.10. The Labute approximate surface area is 88.1 Å². The summed E-state index contributed by atoms with van der Waals surface area (Å²) in [5.41, 5.74) is 0. The molecule has 0 unspecified atom stereocenters. The topological polar surface area (TPSA) is 65.7 Å². The smallest absolute Gasteiger partial charge is 0.342 e. The molecule has 2 aromatic heterocycles. The summed E-state index contributed by atoms with van der Waals surface area (Å²) in [6, 6.07) is 0.256. The quantitative estimate of drug-likeness (QED) is 0.806. The van der Waals surface area contributed by atoms with Crippen LogP contribution in [0.3, 0.4) is 0 Å². The molecule has 0 aliphatic heterocycles. The number of nitrogens with zero attached hydrogens (tertiary/aromatic N) is 5. The van der Waals surface area contributed by atoms with Gasteiger partial charge in [-0.05, 0) is 15.9 Å². The summed E-state index contributed by atoms with van der Waals surface area (Å²) in [7, 11) is 1.76. The van der Waals surface area contributed by atoms with Gasteiger partial charge in [-0.2, -0.15) is 4.98 Å². The molecule has 0 atom stereocenters. The summed E-state index contributed by atoms with van der Waals surface area (Å²) in [5.74, 6) is 0.395. The summed E-state index contributed by atoms with van der Waals surface area (Å²) in [6.45, 7) is 0. The maximum Gasteiger partial charge on any atom is 0.342 e. The van der Waals surface area contributed by atoms with Gasteiger partial charge in [-0.15, -0.1) is 5.10 Å². The van der Waals surface area contributed by atoms with E-state index in [4.69, 9.17) is 4.74 Å². The van der Waals surface area contributed by atoms with Crippen molar-refractivity contribution in [2.24, 2.45) is 7.05 Å². The normalized spacial score (nSPS) is 10.1. The van der Waals surface area contributed by atoms with Crippen molar-refractivity contribution in [2.75, 3.05) is 0 Å². The van der Waals surface area contributed by atoms with E-state index in [9.17, 15) is 0 Å². The van der Waals surface area contributed by atoms with Gasteiger partial charge < -0.3 is 4.74 Å². The fraction of sp³-hybridized carbons (Fsp3) is 0.143. The summed E-state index contributed by atoms with van der Waals surface area (Å²) >= 11 is 3.25. The van der Waals surface area contributed by atoms with E-state index in [1.54, 1.807) is 24.3 Å². The summed E-state index contributed by atoms with van der Waals surface area (Å²) in [4.78, 5) is 11.6. The molecule has 14 heavy (non-hydrogen) atoms. The summed E-state index contributed by atoms with van der Waals surface area (Å²) in [6.07, 6.45) is 4.53. The Morgan fingerprint density at radius 3 is 2.93 bits per heavy atom. The molecule has 72 valence electrons. The number of hydrogen-bond donors (Lipinski definition) is 0. The molecule has 0 amide bonds. The van der Waals surface area contributed by atoms with Crippen molar-refractivity contribution in [3.8, 4) is 11.9 Å². The zero-order valence-electron chi connectivity index (χ0n) is 7.25. The third kappa shape index (κ3) is 1.87. The largest absolute Gasteiger partial charge is 0.403 e. The molecule has 0 aliphatic carbocycles. The van der Waals surface area contributed by atoms with E-state index in [0.717, 1.165) is 0 Å². The lowest BCUT2D eigenvalue weighted by Crippen LogP contribution is -1.93. The van der Waals surface area contributed by atoms with E-state index in [1.807, 2.05) is 0 Å². The minimum absolute atomic E-state index is 0.256. The highest BCUT2D eigenvalue weighted by atomic mass is 79.9. The average Bonchev–Trinajstić information content (AvgIpc) is 2.56. The first-order valence-electron chi connectivity index (χ1n) is 3.74. The number of hydrogen-bond acceptors (Lipinski definition) is 5. The van der Waals surface area contributed by atoms with Gasteiger partial charge in [0, 0.05) is 13.2 Å². The van der Waals surface area contributed by atoms with Crippen molar-refractivity contribution >= 4 is 15.9 Å². The number of aryl methyl sites for hydroxylation is 1. The monoisotopic (exact) mass is 255 g/mol. The fourth-order valence-corrected chi connectivity index (χ4v) is 1.13. The molecular weight excluding hydrogens is 250 g/mol. The van der Waals surface area contributed by atoms with Crippen LogP contribution in [0.2, 0.25) is 0 Å². The standard InChI is InChI=1S/C7H6BrN5O/c1-13-4-11-7(12-13)14-6-5(8)2-9-3-10-6/h2-4H,1H3. The molecule has 2 rings (SSSR count). The van der Waals surface area contributed by atoms with Gasteiger partial charge in [0.05, 0.1) is 4.47 Å². The first kappa shape index (κ1) is 9.07. The van der Waals surface area contributed by atoms with Gasteiger partial charge in [0.15, 0.2) is 0 Å². The summed E-state index contributed by atoms with van der Waals surface area (Å²) in [5, 5.41) is 3.95. The van der Waals surface area contributed by atoms with Crippen LogP contribution in [0.4, 0.5) is 0 Å². The molecular formula is C7H6BrN5O. The van der Waals surface area contributed by atoms with Crippen LogP contribution < -0.4 is 4.74 Å². The third-order valence-electron chi connectivity index (χ3n) is 1.40. The average molecular weight is 256 g/mol. The minimum Gasteiger partial charge on any atom is -0.403 e. The second-order valence-corrected chi connectivity index (χ2v) is 3.33. The van der Waals surface area contributed by atoms with Crippen LogP contribution in [0.25, 0.3) is 0 Å². The first-order valence-corrected chi connectivity index (χ1v) is 4.54. The van der Waals surface area contributed by atoms with Gasteiger partial charge in [0.25, 0.3) is 0 Å². The highest BCUT2D eigenvalue weighted by Crippen LogP contribution is 2.23. The molecule has 0 radical (unpaired) electrons. The van der Waals surface area contributed by atoms with Crippen LogP contribution in [-0.4, -0.2) is 24.7 Å². The Hall–Kier alpha value is -1.50. The molecule has 6 nitrogen and oxygen atoms in total. The molecule has 0 spiro atoms. The Morgan fingerprint density at radius 1 is 1.43 bits per heavy atom. The van der Waals surface area contributed by atoms with Crippen LogP contribution in [-0.2, 0) is 7.05 Å². The van der Waals surface area contributed by atoms with Crippen LogP contribution in [0.1, 0.15) is 0 Å². The van der Waals surface area contributed by atoms with E-state index in [2.05, 4.69) is 36.0 Å². The predicted molar refractivity (Wildman–Crippen MR) is 50.8 cm³/mol. The number of rotatable bonds is 2. The van der Waals surface area contributed by atoms with Crippen molar-refractivity contribution < 1.29 is 4.74 Å². The van der Waals surface area contributed by atoms with Gasteiger partial charge in [-0.3, -0.25) is 4.68 Å². The lowest BCUT2D eigenvalue weighted by atomic mass is 10.6. The van der Waals surface area contributed by atoms with Gasteiger partial charge in [0.1, 0.15) is 12.7 Å². The maximum absolute atomic E-state index is 5.29. The van der Waals surface area contributed by atoms with Gasteiger partial charge in [0.2, 0.25) is 5.88 Å². The lowest BCUT2D eigenvalue weighted by Gasteiger charge is -1.99. The Kier molecular flexibility index (Phi) is 2.40. The highest BCUT2D eigenvalue weighted by Gasteiger charge is 2.06. The summed E-state index contributed by atoms with van der Waals surface area (Å²) < 4.78 is 7.49. The number of aromatic nitrogens is 5. The Bertz CT molecular complexity index is 443. The number of halogens is 1. The zero-order valence-corrected chi connectivity index (χ0v) is 8.84. The van der Waals surface area contributed by atoms with E-state index in [0.29, 0.717) is 10.4 Å². The van der Waals surface area contributed by atoms with Crippen LogP contribution in [0.15, 0.2) is 23.3 Å². The van der Waals surface area contributed by atoms with Crippen molar-refractivity contribution in [3.63, 3.8) is 0 Å². The molecule has 0 N–H and O–H groups in total. The SMILES string of the molecule is Cn1cnc(Oc2ncncc2Br)n1. The van der Waals surface area contributed by atoms with Gasteiger partial charge in [-0.1, -0.05) is 0 Å². The van der Waals surface area contributed by atoms with Crippen molar-refractivity contribution in [3.05, 3.63) is 23.3 Å². The minimum atomic E-state index is 0.256. The molecule has 2 heterocycles. The van der Waals surface area contributed by atoms with Gasteiger partial charge in [-0.25, -0.2) is 9.97 Å². The van der Waals surface area contributed by atoms with E-state index < -0.39 is 0 Å². The van der Waals surface area contributed by atoms with Crippen molar-refractivity contribution in [1.82, 2.24) is 24.7 Å². The maximum atomic E-state index is 5.29. The molecule has 2 aromatic rings. The third-order valence-corrected chi connectivity index (χ3v) is 1.94. The van der Waals surface area contributed by atoms with E-state index in [-0.39, 0.29) is 6.01 Å².